The summed E-state index contributed by atoms with van der Waals surface area (Å²) in [5.74, 6) is 1.38. The fraction of sp³-hybridized carbons (Fsp3) is 0.263. The lowest BCUT2D eigenvalue weighted by Crippen LogP contribution is -2.38. The van der Waals surface area contributed by atoms with Gasteiger partial charge in [-0.25, -0.2) is 4.68 Å². The number of carbonyl (C=O) groups is 1. The Balaban J connectivity index is 1.34. The Morgan fingerprint density at radius 1 is 1.07 bits per heavy atom. The lowest BCUT2D eigenvalue weighted by atomic mass is 9.96. The zero-order chi connectivity index (χ0) is 19.5. The van der Waals surface area contributed by atoms with Crippen LogP contribution in [0.25, 0.3) is 5.82 Å². The predicted octanol–water partition coefficient (Wildman–Crippen LogP) is 3.82. The Labute approximate surface area is 172 Å². The Morgan fingerprint density at radius 2 is 1.82 bits per heavy atom. The van der Waals surface area contributed by atoms with Gasteiger partial charge in [-0.15, -0.1) is 10.2 Å². The number of halogens is 2. The standard InChI is InChI=1S/C19H18Cl2N6O/c20-14-2-3-16(15(21)12-14)23-19(28)13-6-10-26(11-7-13)17-4-5-18(25-24-17)27-9-1-8-22-27/h1-5,8-9,12-13H,6-7,10-11H2,(H,23,28). The van der Waals surface area contributed by atoms with Crippen molar-refractivity contribution >= 4 is 40.6 Å². The number of anilines is 2. The first-order valence-corrected chi connectivity index (χ1v) is 9.70. The predicted molar refractivity (Wildman–Crippen MR) is 109 cm³/mol. The average Bonchev–Trinajstić information content (AvgIpc) is 3.25. The van der Waals surface area contributed by atoms with E-state index < -0.39 is 0 Å². The highest BCUT2D eigenvalue weighted by Gasteiger charge is 2.26. The molecule has 1 saturated heterocycles. The molecule has 0 radical (unpaired) electrons. The van der Waals surface area contributed by atoms with Crippen molar-refractivity contribution in [1.29, 1.82) is 0 Å². The summed E-state index contributed by atoms with van der Waals surface area (Å²) >= 11 is 12.0. The number of rotatable bonds is 4. The van der Waals surface area contributed by atoms with Gasteiger partial charge in [0.25, 0.3) is 0 Å². The Kier molecular flexibility index (Phi) is 5.45. The smallest absolute Gasteiger partial charge is 0.227 e. The molecule has 28 heavy (non-hydrogen) atoms. The van der Waals surface area contributed by atoms with Crippen LogP contribution in [0.1, 0.15) is 12.8 Å². The van der Waals surface area contributed by atoms with Crippen LogP contribution in [0.2, 0.25) is 10.0 Å². The molecular weight excluding hydrogens is 399 g/mol. The third kappa shape index (κ3) is 4.10. The van der Waals surface area contributed by atoms with Crippen molar-refractivity contribution in [2.75, 3.05) is 23.3 Å². The molecule has 3 heterocycles. The fourth-order valence-electron chi connectivity index (χ4n) is 3.21. The molecule has 0 saturated carbocycles. The molecule has 1 N–H and O–H groups in total. The molecule has 0 aliphatic carbocycles. The van der Waals surface area contributed by atoms with E-state index in [9.17, 15) is 4.79 Å². The molecule has 2 aromatic heterocycles. The van der Waals surface area contributed by atoms with Crippen molar-refractivity contribution in [2.45, 2.75) is 12.8 Å². The third-order valence-electron chi connectivity index (χ3n) is 4.75. The first-order valence-electron chi connectivity index (χ1n) is 8.95. The first-order chi connectivity index (χ1) is 13.6. The molecule has 4 rings (SSSR count). The van der Waals surface area contributed by atoms with Crippen molar-refractivity contribution in [3.05, 3.63) is 58.8 Å². The molecule has 1 aliphatic rings. The van der Waals surface area contributed by atoms with Crippen LogP contribution in [0.5, 0.6) is 0 Å². The van der Waals surface area contributed by atoms with Gasteiger partial charge in [-0.05, 0) is 49.2 Å². The zero-order valence-corrected chi connectivity index (χ0v) is 16.4. The van der Waals surface area contributed by atoms with Gasteiger partial charge in [0.05, 0.1) is 10.7 Å². The minimum atomic E-state index is -0.0701. The van der Waals surface area contributed by atoms with Gasteiger partial charge in [0.2, 0.25) is 5.91 Å². The highest BCUT2D eigenvalue weighted by molar-refractivity contribution is 6.36. The molecule has 9 heteroatoms. The SMILES string of the molecule is O=C(Nc1ccc(Cl)cc1Cl)C1CCN(c2ccc(-n3cccn3)nn2)CC1. The maximum Gasteiger partial charge on any atom is 0.227 e. The van der Waals surface area contributed by atoms with E-state index in [4.69, 9.17) is 23.2 Å². The summed E-state index contributed by atoms with van der Waals surface area (Å²) in [6.45, 7) is 1.48. The number of hydrogen-bond donors (Lipinski definition) is 1. The molecule has 7 nitrogen and oxygen atoms in total. The minimum absolute atomic E-state index is 0.0241. The minimum Gasteiger partial charge on any atom is -0.355 e. The molecule has 0 unspecified atom stereocenters. The molecule has 1 aromatic carbocycles. The van der Waals surface area contributed by atoms with E-state index in [1.54, 1.807) is 29.1 Å². The molecule has 1 fully saturated rings. The Hall–Kier alpha value is -2.64. The van der Waals surface area contributed by atoms with Crippen molar-refractivity contribution in [2.24, 2.45) is 5.92 Å². The van der Waals surface area contributed by atoms with Crippen LogP contribution < -0.4 is 10.2 Å². The van der Waals surface area contributed by atoms with Gasteiger partial charge >= 0.3 is 0 Å². The van der Waals surface area contributed by atoms with Crippen LogP contribution in [0.3, 0.4) is 0 Å². The van der Waals surface area contributed by atoms with Crippen LogP contribution in [-0.4, -0.2) is 39.0 Å². The normalized spacial score (nSPS) is 14.9. The summed E-state index contributed by atoms with van der Waals surface area (Å²) in [6.07, 6.45) is 4.99. The van der Waals surface area contributed by atoms with Crippen LogP contribution in [0.15, 0.2) is 48.8 Å². The number of carbonyl (C=O) groups excluding carboxylic acids is 1. The number of aromatic nitrogens is 4. The number of nitrogens with one attached hydrogen (secondary N) is 1. The van der Waals surface area contributed by atoms with Gasteiger partial charge in [0.1, 0.15) is 0 Å². The summed E-state index contributed by atoms with van der Waals surface area (Å²) < 4.78 is 1.66. The van der Waals surface area contributed by atoms with Crippen LogP contribution in [-0.2, 0) is 4.79 Å². The molecule has 1 aliphatic heterocycles. The lowest BCUT2D eigenvalue weighted by molar-refractivity contribution is -0.120. The van der Waals surface area contributed by atoms with E-state index in [0.717, 1.165) is 31.7 Å². The maximum absolute atomic E-state index is 12.6. The van der Waals surface area contributed by atoms with Gasteiger partial charge in [0.15, 0.2) is 11.6 Å². The van der Waals surface area contributed by atoms with Crippen molar-refractivity contribution in [3.63, 3.8) is 0 Å². The molecule has 144 valence electrons. The van der Waals surface area contributed by atoms with Crippen molar-refractivity contribution in [3.8, 4) is 5.82 Å². The van der Waals surface area contributed by atoms with Gasteiger partial charge in [-0.2, -0.15) is 5.10 Å². The number of nitrogens with zero attached hydrogens (tertiary/aromatic N) is 5. The lowest BCUT2D eigenvalue weighted by Gasteiger charge is -2.31. The van der Waals surface area contributed by atoms with Crippen LogP contribution in [0, 0.1) is 5.92 Å². The molecule has 3 aromatic rings. The monoisotopic (exact) mass is 416 g/mol. The van der Waals surface area contributed by atoms with E-state index in [0.29, 0.717) is 21.6 Å². The summed E-state index contributed by atoms with van der Waals surface area (Å²) in [5, 5.41) is 16.5. The molecule has 0 spiro atoms. The largest absolute Gasteiger partial charge is 0.355 e. The highest BCUT2D eigenvalue weighted by Crippen LogP contribution is 2.28. The topological polar surface area (TPSA) is 75.9 Å². The van der Waals surface area contributed by atoms with Crippen LogP contribution in [0.4, 0.5) is 11.5 Å². The summed E-state index contributed by atoms with van der Waals surface area (Å²) in [5.41, 5.74) is 0.582. The molecule has 1 amide bonds. The number of hydrogen-bond acceptors (Lipinski definition) is 5. The van der Waals surface area contributed by atoms with Gasteiger partial charge in [-0.1, -0.05) is 23.2 Å². The summed E-state index contributed by atoms with van der Waals surface area (Å²) in [7, 11) is 0. The summed E-state index contributed by atoms with van der Waals surface area (Å²) in [4.78, 5) is 14.7. The van der Waals surface area contributed by atoms with Crippen LogP contribution >= 0.6 is 23.2 Å². The molecule has 0 atom stereocenters. The molecular formula is C19H18Cl2N6O. The van der Waals surface area contributed by atoms with Crippen molar-refractivity contribution < 1.29 is 4.79 Å². The Morgan fingerprint density at radius 3 is 2.46 bits per heavy atom. The van der Waals surface area contributed by atoms with Gasteiger partial charge < -0.3 is 10.2 Å². The average molecular weight is 417 g/mol. The van der Waals surface area contributed by atoms with Gasteiger partial charge in [0, 0.05) is 36.4 Å². The maximum atomic E-state index is 12.6. The van der Waals surface area contributed by atoms with E-state index in [-0.39, 0.29) is 11.8 Å². The quantitative estimate of drug-likeness (QED) is 0.699. The van der Waals surface area contributed by atoms with Gasteiger partial charge in [-0.3, -0.25) is 4.79 Å². The fourth-order valence-corrected chi connectivity index (χ4v) is 3.67. The zero-order valence-electron chi connectivity index (χ0n) is 14.9. The van der Waals surface area contributed by atoms with E-state index in [2.05, 4.69) is 25.5 Å². The van der Waals surface area contributed by atoms with E-state index >= 15 is 0 Å². The molecule has 0 bridgehead atoms. The van der Waals surface area contributed by atoms with E-state index in [1.165, 1.54) is 0 Å². The third-order valence-corrected chi connectivity index (χ3v) is 5.30. The van der Waals surface area contributed by atoms with E-state index in [1.807, 2.05) is 24.4 Å². The Bertz CT molecular complexity index is 953. The number of benzene rings is 1. The first kappa shape index (κ1) is 18.7. The second kappa shape index (κ2) is 8.16. The number of piperidine rings is 1. The number of amides is 1. The summed E-state index contributed by atoms with van der Waals surface area (Å²) in [6, 6.07) is 10.7. The second-order valence-corrected chi connectivity index (χ2v) is 7.42. The second-order valence-electron chi connectivity index (χ2n) is 6.58. The highest BCUT2D eigenvalue weighted by atomic mass is 35.5. The van der Waals surface area contributed by atoms with Crippen molar-refractivity contribution in [1.82, 2.24) is 20.0 Å².